The number of methoxy groups -OCH3 is 1. The van der Waals surface area contributed by atoms with E-state index in [2.05, 4.69) is 10.2 Å². The van der Waals surface area contributed by atoms with Crippen LogP contribution in [0.2, 0.25) is 0 Å². The Balaban J connectivity index is 1.88. The number of carbonyl (C=O) groups excluding carboxylic acids is 1. The third-order valence-electron chi connectivity index (χ3n) is 2.74. The Morgan fingerprint density at radius 2 is 2.11 bits per heavy atom. The van der Waals surface area contributed by atoms with E-state index in [1.54, 1.807) is 7.11 Å². The molecule has 0 spiro atoms. The van der Waals surface area contributed by atoms with Crippen LogP contribution >= 0.6 is 0 Å². The molecule has 6 heteroatoms. The normalized spacial score (nSPS) is 16.7. The van der Waals surface area contributed by atoms with Gasteiger partial charge >= 0.3 is 0 Å². The van der Waals surface area contributed by atoms with Crippen LogP contribution in [-0.4, -0.2) is 77.1 Å². The van der Waals surface area contributed by atoms with Crippen LogP contribution in [0.15, 0.2) is 0 Å². The van der Waals surface area contributed by atoms with Gasteiger partial charge in [0.05, 0.1) is 26.4 Å². The average molecular weight is 260 g/mol. The molecule has 1 rings (SSSR count). The summed E-state index contributed by atoms with van der Waals surface area (Å²) >= 11 is 0. The smallest absolute Gasteiger partial charge is 0.246 e. The van der Waals surface area contributed by atoms with Crippen LogP contribution in [0.5, 0.6) is 0 Å². The highest BCUT2D eigenvalue weighted by atomic mass is 16.5. The summed E-state index contributed by atoms with van der Waals surface area (Å²) in [5.74, 6) is -0.0620. The molecule has 0 aromatic rings. The molecule has 0 unspecified atom stereocenters. The van der Waals surface area contributed by atoms with Crippen LogP contribution in [0.1, 0.15) is 6.42 Å². The molecule has 1 N–H and O–H groups in total. The topological polar surface area (TPSA) is 60.0 Å². The van der Waals surface area contributed by atoms with Gasteiger partial charge in [-0.2, -0.15) is 0 Å². The van der Waals surface area contributed by atoms with Gasteiger partial charge in [0.2, 0.25) is 5.91 Å². The molecule has 0 bridgehead atoms. The van der Waals surface area contributed by atoms with Crippen molar-refractivity contribution in [2.24, 2.45) is 0 Å². The second-order valence-electron chi connectivity index (χ2n) is 4.20. The van der Waals surface area contributed by atoms with E-state index in [9.17, 15) is 4.79 Å². The first kappa shape index (κ1) is 15.4. The maximum absolute atomic E-state index is 11.3. The van der Waals surface area contributed by atoms with Crippen LogP contribution in [0.3, 0.4) is 0 Å². The van der Waals surface area contributed by atoms with E-state index in [0.29, 0.717) is 19.8 Å². The molecule has 0 saturated carbocycles. The molecule has 1 aliphatic rings. The van der Waals surface area contributed by atoms with E-state index in [0.717, 1.165) is 39.3 Å². The fourth-order valence-corrected chi connectivity index (χ4v) is 1.71. The van der Waals surface area contributed by atoms with Gasteiger partial charge in [-0.15, -0.1) is 0 Å². The van der Waals surface area contributed by atoms with Crippen molar-refractivity contribution < 1.29 is 19.0 Å². The Morgan fingerprint density at radius 1 is 1.33 bits per heavy atom. The number of ether oxygens (including phenoxy) is 3. The van der Waals surface area contributed by atoms with Crippen molar-refractivity contribution >= 4 is 5.91 Å². The molecular formula is C12H24N2O4. The molecule has 6 nitrogen and oxygen atoms in total. The Kier molecular flexibility index (Phi) is 8.75. The third-order valence-corrected chi connectivity index (χ3v) is 2.74. The zero-order valence-corrected chi connectivity index (χ0v) is 11.2. The second-order valence-corrected chi connectivity index (χ2v) is 4.20. The van der Waals surface area contributed by atoms with Crippen molar-refractivity contribution in [1.29, 1.82) is 0 Å². The van der Waals surface area contributed by atoms with Gasteiger partial charge < -0.3 is 19.5 Å². The second kappa shape index (κ2) is 10.3. The molecule has 1 saturated heterocycles. The predicted octanol–water partition coefficient (Wildman–Crippen LogP) is -0.512. The Labute approximate surface area is 109 Å². The lowest BCUT2D eigenvalue weighted by Gasteiger charge is -2.26. The summed E-state index contributed by atoms with van der Waals surface area (Å²) in [5, 5.41) is 2.84. The highest BCUT2D eigenvalue weighted by molar-refractivity contribution is 5.77. The number of nitrogens with zero attached hydrogens (tertiary/aromatic N) is 1. The zero-order chi connectivity index (χ0) is 13.1. The summed E-state index contributed by atoms with van der Waals surface area (Å²) in [6.07, 6.45) is 0.962. The molecule has 0 atom stereocenters. The molecular weight excluding hydrogens is 236 g/mol. The summed E-state index contributed by atoms with van der Waals surface area (Å²) < 4.78 is 15.2. The number of carbonyl (C=O) groups is 1. The van der Waals surface area contributed by atoms with E-state index in [4.69, 9.17) is 14.2 Å². The lowest BCUT2D eigenvalue weighted by Crippen LogP contribution is -2.38. The van der Waals surface area contributed by atoms with Crippen LogP contribution in [-0.2, 0) is 19.0 Å². The van der Waals surface area contributed by atoms with Gasteiger partial charge in [0.1, 0.15) is 6.61 Å². The zero-order valence-electron chi connectivity index (χ0n) is 11.2. The average Bonchev–Trinajstić information content (AvgIpc) is 2.41. The maximum Gasteiger partial charge on any atom is 0.246 e. The van der Waals surface area contributed by atoms with Gasteiger partial charge in [-0.05, 0) is 13.0 Å². The highest BCUT2D eigenvalue weighted by Gasteiger charge is 2.09. The molecule has 1 heterocycles. The summed E-state index contributed by atoms with van der Waals surface area (Å²) in [4.78, 5) is 13.7. The minimum Gasteiger partial charge on any atom is -0.382 e. The van der Waals surface area contributed by atoms with Gasteiger partial charge in [0, 0.05) is 26.7 Å². The minimum absolute atomic E-state index is 0.0620. The van der Waals surface area contributed by atoms with Crippen LogP contribution in [0.4, 0.5) is 0 Å². The first-order valence-corrected chi connectivity index (χ1v) is 6.46. The van der Waals surface area contributed by atoms with Gasteiger partial charge in [-0.3, -0.25) is 9.69 Å². The van der Waals surface area contributed by atoms with Crippen LogP contribution < -0.4 is 5.32 Å². The van der Waals surface area contributed by atoms with Crippen molar-refractivity contribution in [3.8, 4) is 0 Å². The lowest BCUT2D eigenvalue weighted by atomic mass is 10.3. The highest BCUT2D eigenvalue weighted by Crippen LogP contribution is 1.97. The first-order valence-electron chi connectivity index (χ1n) is 6.46. The lowest BCUT2D eigenvalue weighted by molar-refractivity contribution is -0.126. The molecule has 0 aromatic carbocycles. The van der Waals surface area contributed by atoms with Crippen molar-refractivity contribution in [3.63, 3.8) is 0 Å². The SMILES string of the molecule is COCCOCC(=O)NCCCN1CCOCC1. The van der Waals surface area contributed by atoms with Crippen molar-refractivity contribution in [2.45, 2.75) is 6.42 Å². The Morgan fingerprint density at radius 3 is 2.83 bits per heavy atom. The van der Waals surface area contributed by atoms with E-state index >= 15 is 0 Å². The number of morpholine rings is 1. The van der Waals surface area contributed by atoms with Crippen LogP contribution in [0, 0.1) is 0 Å². The van der Waals surface area contributed by atoms with Gasteiger partial charge in [0.15, 0.2) is 0 Å². The summed E-state index contributed by atoms with van der Waals surface area (Å²) in [6, 6.07) is 0. The van der Waals surface area contributed by atoms with E-state index in [1.165, 1.54) is 0 Å². The van der Waals surface area contributed by atoms with Gasteiger partial charge in [0.25, 0.3) is 0 Å². The Hall–Kier alpha value is -0.690. The molecule has 18 heavy (non-hydrogen) atoms. The van der Waals surface area contributed by atoms with Crippen molar-refractivity contribution in [2.75, 3.05) is 66.3 Å². The third kappa shape index (κ3) is 7.60. The maximum atomic E-state index is 11.3. The van der Waals surface area contributed by atoms with Crippen LogP contribution in [0.25, 0.3) is 0 Å². The fourth-order valence-electron chi connectivity index (χ4n) is 1.71. The molecule has 106 valence electrons. The molecule has 1 fully saturated rings. The van der Waals surface area contributed by atoms with Crippen molar-refractivity contribution in [3.05, 3.63) is 0 Å². The molecule has 0 radical (unpaired) electrons. The van der Waals surface area contributed by atoms with E-state index in [-0.39, 0.29) is 12.5 Å². The number of nitrogens with one attached hydrogen (secondary N) is 1. The van der Waals surface area contributed by atoms with E-state index in [1.807, 2.05) is 0 Å². The number of hydrogen-bond donors (Lipinski definition) is 1. The predicted molar refractivity (Wildman–Crippen MR) is 67.6 cm³/mol. The minimum atomic E-state index is -0.0620. The standard InChI is InChI=1S/C12H24N2O4/c1-16-9-10-18-11-12(15)13-3-2-4-14-5-7-17-8-6-14/h2-11H2,1H3,(H,13,15). The number of hydrogen-bond acceptors (Lipinski definition) is 5. The quantitative estimate of drug-likeness (QED) is 0.566. The monoisotopic (exact) mass is 260 g/mol. The van der Waals surface area contributed by atoms with Gasteiger partial charge in [-0.25, -0.2) is 0 Å². The van der Waals surface area contributed by atoms with Crippen molar-refractivity contribution in [1.82, 2.24) is 10.2 Å². The first-order chi connectivity index (χ1) is 8.83. The summed E-state index contributed by atoms with van der Waals surface area (Å²) in [6.45, 7) is 6.42. The summed E-state index contributed by atoms with van der Waals surface area (Å²) in [7, 11) is 1.61. The van der Waals surface area contributed by atoms with E-state index < -0.39 is 0 Å². The number of amides is 1. The summed E-state index contributed by atoms with van der Waals surface area (Å²) in [5.41, 5.74) is 0. The fraction of sp³-hybridized carbons (Fsp3) is 0.917. The molecule has 0 aromatic heterocycles. The van der Waals surface area contributed by atoms with Gasteiger partial charge in [-0.1, -0.05) is 0 Å². The largest absolute Gasteiger partial charge is 0.382 e. The number of rotatable bonds is 9. The molecule has 0 aliphatic carbocycles. The molecule has 1 amide bonds. The Bertz CT molecular complexity index is 220. The molecule has 1 aliphatic heterocycles.